The predicted octanol–water partition coefficient (Wildman–Crippen LogP) is 2.06. The van der Waals surface area contributed by atoms with Gasteiger partial charge >= 0.3 is 5.97 Å². The summed E-state index contributed by atoms with van der Waals surface area (Å²) in [6.07, 6.45) is 0. The van der Waals surface area contributed by atoms with E-state index in [2.05, 4.69) is 4.72 Å². The van der Waals surface area contributed by atoms with Gasteiger partial charge in [-0.25, -0.2) is 17.9 Å². The first-order valence-corrected chi connectivity index (χ1v) is 10.0. The Hall–Kier alpha value is -2.62. The van der Waals surface area contributed by atoms with Crippen LogP contribution >= 0.6 is 11.6 Å². The number of ether oxygens (including phenoxy) is 3. The average Bonchev–Trinajstić information content (AvgIpc) is 2.71. The molecule has 0 fully saturated rings. The average molecular weight is 426 g/mol. The third-order valence-electron chi connectivity index (χ3n) is 3.92. The van der Waals surface area contributed by atoms with Crippen molar-refractivity contribution in [3.63, 3.8) is 0 Å². The van der Waals surface area contributed by atoms with Gasteiger partial charge in [-0.05, 0) is 43.4 Å². The number of fused-ring (bicyclic) bond motifs is 1. The highest BCUT2D eigenvalue weighted by molar-refractivity contribution is 7.89. The summed E-state index contributed by atoms with van der Waals surface area (Å²) in [6, 6.07) is 8.34. The Morgan fingerprint density at radius 1 is 1.07 bits per heavy atom. The molecule has 0 saturated heterocycles. The largest absolute Gasteiger partial charge is 0.486 e. The number of ketones is 1. The number of benzene rings is 2. The van der Waals surface area contributed by atoms with Gasteiger partial charge in [0.1, 0.15) is 18.1 Å². The van der Waals surface area contributed by atoms with Gasteiger partial charge in [-0.3, -0.25) is 4.79 Å². The second-order valence-corrected chi connectivity index (χ2v) is 7.97. The predicted molar refractivity (Wildman–Crippen MR) is 99.7 cm³/mol. The minimum atomic E-state index is -3.85. The fourth-order valence-electron chi connectivity index (χ4n) is 2.46. The van der Waals surface area contributed by atoms with Crippen LogP contribution in [0.5, 0.6) is 11.5 Å². The molecule has 148 valence electrons. The van der Waals surface area contributed by atoms with Crippen LogP contribution in [0.15, 0.2) is 41.3 Å². The molecule has 8 nitrogen and oxygen atoms in total. The maximum Gasteiger partial charge on any atom is 0.338 e. The fourth-order valence-corrected chi connectivity index (χ4v) is 3.71. The maximum atomic E-state index is 12.3. The summed E-state index contributed by atoms with van der Waals surface area (Å²) in [4.78, 5) is 24.2. The van der Waals surface area contributed by atoms with E-state index in [0.717, 1.165) is 6.07 Å². The summed E-state index contributed by atoms with van der Waals surface area (Å²) >= 11 is 5.88. The summed E-state index contributed by atoms with van der Waals surface area (Å²) < 4.78 is 41.8. The Balaban J connectivity index is 1.70. The molecular formula is C18H16ClNO7S. The SMILES string of the molecule is CNS(=O)(=O)c1cc(C(=O)OCC(=O)c2ccc3c(c2)OCCO3)ccc1Cl. The molecule has 0 bridgehead atoms. The molecule has 0 saturated carbocycles. The number of carbonyl (C=O) groups excluding carboxylic acids is 2. The van der Waals surface area contributed by atoms with Crippen molar-refractivity contribution < 1.29 is 32.2 Å². The number of Topliss-reactive ketones (excluding diaryl/α,β-unsaturated/α-hetero) is 1. The minimum Gasteiger partial charge on any atom is -0.486 e. The number of halogens is 1. The molecular weight excluding hydrogens is 410 g/mol. The Labute approximate surface area is 166 Å². The van der Waals surface area contributed by atoms with Crippen molar-refractivity contribution in [2.45, 2.75) is 4.90 Å². The second-order valence-electron chi connectivity index (χ2n) is 5.71. The molecule has 10 heteroatoms. The first kappa shape index (κ1) is 20.1. The van der Waals surface area contributed by atoms with Crippen molar-refractivity contribution in [3.05, 3.63) is 52.5 Å². The monoisotopic (exact) mass is 425 g/mol. The normalized spacial score (nSPS) is 13.1. The van der Waals surface area contributed by atoms with E-state index in [4.69, 9.17) is 25.8 Å². The quantitative estimate of drug-likeness (QED) is 0.557. The number of carbonyl (C=O) groups is 2. The smallest absolute Gasteiger partial charge is 0.338 e. The van der Waals surface area contributed by atoms with Crippen molar-refractivity contribution in [2.24, 2.45) is 0 Å². The topological polar surface area (TPSA) is 108 Å². The molecule has 2 aromatic carbocycles. The van der Waals surface area contributed by atoms with E-state index in [1.807, 2.05) is 0 Å². The molecule has 28 heavy (non-hydrogen) atoms. The number of esters is 1. The molecule has 1 aliphatic heterocycles. The highest BCUT2D eigenvalue weighted by Crippen LogP contribution is 2.31. The number of sulfonamides is 1. The van der Waals surface area contributed by atoms with Crippen molar-refractivity contribution in [3.8, 4) is 11.5 Å². The molecule has 1 aliphatic rings. The van der Waals surface area contributed by atoms with Crippen LogP contribution in [-0.2, 0) is 14.8 Å². The van der Waals surface area contributed by atoms with E-state index in [1.165, 1.54) is 25.2 Å². The van der Waals surface area contributed by atoms with Crippen LogP contribution in [0.25, 0.3) is 0 Å². The van der Waals surface area contributed by atoms with E-state index in [1.54, 1.807) is 12.1 Å². The van der Waals surface area contributed by atoms with Crippen LogP contribution < -0.4 is 14.2 Å². The van der Waals surface area contributed by atoms with Gasteiger partial charge in [0.25, 0.3) is 0 Å². The van der Waals surface area contributed by atoms with Gasteiger partial charge in [0.15, 0.2) is 23.9 Å². The lowest BCUT2D eigenvalue weighted by Gasteiger charge is -2.18. The van der Waals surface area contributed by atoms with E-state index < -0.39 is 28.4 Å². The first-order chi connectivity index (χ1) is 13.3. The minimum absolute atomic E-state index is 0.0433. The number of rotatable bonds is 6. The lowest BCUT2D eigenvalue weighted by molar-refractivity contribution is 0.0474. The van der Waals surface area contributed by atoms with Crippen LogP contribution in [0.1, 0.15) is 20.7 Å². The van der Waals surface area contributed by atoms with E-state index in [9.17, 15) is 18.0 Å². The van der Waals surface area contributed by atoms with E-state index in [-0.39, 0.29) is 15.5 Å². The molecule has 0 spiro atoms. The zero-order valence-corrected chi connectivity index (χ0v) is 16.3. The van der Waals surface area contributed by atoms with Gasteiger partial charge < -0.3 is 14.2 Å². The summed E-state index contributed by atoms with van der Waals surface area (Å²) in [6.45, 7) is 0.299. The molecule has 0 amide bonds. The summed E-state index contributed by atoms with van der Waals surface area (Å²) in [5, 5.41) is -0.0433. The van der Waals surface area contributed by atoms with Gasteiger partial charge in [-0.1, -0.05) is 11.6 Å². The van der Waals surface area contributed by atoms with Gasteiger partial charge in [0.2, 0.25) is 10.0 Å². The zero-order valence-electron chi connectivity index (χ0n) is 14.7. The van der Waals surface area contributed by atoms with Crippen LogP contribution in [0.3, 0.4) is 0 Å². The third kappa shape index (κ3) is 4.27. The van der Waals surface area contributed by atoms with Gasteiger partial charge in [-0.15, -0.1) is 0 Å². The van der Waals surface area contributed by atoms with Gasteiger partial charge in [0, 0.05) is 5.56 Å². The Bertz CT molecular complexity index is 1040. The molecule has 1 heterocycles. The van der Waals surface area contributed by atoms with Crippen molar-refractivity contribution in [1.82, 2.24) is 4.72 Å². The highest BCUT2D eigenvalue weighted by atomic mass is 35.5. The van der Waals surface area contributed by atoms with E-state index in [0.29, 0.717) is 30.3 Å². The van der Waals surface area contributed by atoms with Gasteiger partial charge in [-0.2, -0.15) is 0 Å². The fraction of sp³-hybridized carbons (Fsp3) is 0.222. The van der Waals surface area contributed by atoms with E-state index >= 15 is 0 Å². The van der Waals surface area contributed by atoms with Crippen LogP contribution in [0.4, 0.5) is 0 Å². The Morgan fingerprint density at radius 2 is 1.75 bits per heavy atom. The van der Waals surface area contributed by atoms with Crippen LogP contribution in [0.2, 0.25) is 5.02 Å². The molecule has 0 unspecified atom stereocenters. The Morgan fingerprint density at radius 3 is 2.46 bits per heavy atom. The molecule has 0 aliphatic carbocycles. The number of nitrogens with one attached hydrogen (secondary N) is 1. The van der Waals surface area contributed by atoms with Crippen molar-refractivity contribution >= 4 is 33.4 Å². The molecule has 0 aromatic heterocycles. The first-order valence-electron chi connectivity index (χ1n) is 8.15. The lowest BCUT2D eigenvalue weighted by Crippen LogP contribution is -2.20. The maximum absolute atomic E-state index is 12.3. The lowest BCUT2D eigenvalue weighted by atomic mass is 10.1. The third-order valence-corrected chi connectivity index (χ3v) is 5.82. The molecule has 0 radical (unpaired) electrons. The molecule has 2 aromatic rings. The van der Waals surface area contributed by atoms with Crippen molar-refractivity contribution in [2.75, 3.05) is 26.9 Å². The van der Waals surface area contributed by atoms with Crippen LogP contribution in [0, 0.1) is 0 Å². The van der Waals surface area contributed by atoms with Crippen molar-refractivity contribution in [1.29, 1.82) is 0 Å². The highest BCUT2D eigenvalue weighted by Gasteiger charge is 2.20. The molecule has 1 N–H and O–H groups in total. The molecule has 3 rings (SSSR count). The summed E-state index contributed by atoms with van der Waals surface area (Å²) in [7, 11) is -2.63. The summed E-state index contributed by atoms with van der Waals surface area (Å²) in [5.74, 6) is -0.306. The number of hydrogen-bond donors (Lipinski definition) is 1. The van der Waals surface area contributed by atoms with Crippen LogP contribution in [-0.4, -0.2) is 47.0 Å². The Kier molecular flexibility index (Phi) is 5.87. The summed E-state index contributed by atoms with van der Waals surface area (Å²) in [5.41, 5.74) is 0.250. The second kappa shape index (κ2) is 8.17. The van der Waals surface area contributed by atoms with Gasteiger partial charge in [0.05, 0.1) is 10.6 Å². The molecule has 0 atom stereocenters. The number of hydrogen-bond acceptors (Lipinski definition) is 7. The zero-order chi connectivity index (χ0) is 20.3. The standard InChI is InChI=1S/C18H16ClNO7S/c1-20-28(23,24)17-9-12(2-4-13(17)19)18(22)27-10-14(21)11-3-5-15-16(8-11)26-7-6-25-15/h2-5,8-9,20H,6-7,10H2,1H3.